The van der Waals surface area contributed by atoms with E-state index in [2.05, 4.69) is 12.2 Å². The molecule has 1 fully saturated rings. The van der Waals surface area contributed by atoms with Gasteiger partial charge in [-0.1, -0.05) is 13.0 Å². The zero-order valence-electron chi connectivity index (χ0n) is 13.2. The maximum absolute atomic E-state index is 12.5. The van der Waals surface area contributed by atoms with Gasteiger partial charge in [0.1, 0.15) is 4.21 Å². The molecule has 1 saturated heterocycles. The first-order chi connectivity index (χ1) is 10.6. The Morgan fingerprint density at radius 1 is 1.36 bits per heavy atom. The number of hydrogen-bond donors (Lipinski definition) is 1. The van der Waals surface area contributed by atoms with E-state index in [4.69, 9.17) is 4.74 Å². The number of hydrogen-bond acceptors (Lipinski definition) is 5. The van der Waals surface area contributed by atoms with Crippen LogP contribution in [-0.2, 0) is 14.8 Å². The SMILES string of the molecule is CCCOCCNC1CCCN(S(=O)(=O)c2cccs2)CC1. The Bertz CT molecular complexity index is 517. The summed E-state index contributed by atoms with van der Waals surface area (Å²) in [5, 5.41) is 5.29. The van der Waals surface area contributed by atoms with Gasteiger partial charge in [0.15, 0.2) is 0 Å². The van der Waals surface area contributed by atoms with E-state index >= 15 is 0 Å². The highest BCUT2D eigenvalue weighted by Crippen LogP contribution is 2.23. The normalized spacial score (nSPS) is 20.9. The summed E-state index contributed by atoms with van der Waals surface area (Å²) in [5.74, 6) is 0. The zero-order chi connectivity index (χ0) is 15.8. The second-order valence-electron chi connectivity index (χ2n) is 5.53. The summed E-state index contributed by atoms with van der Waals surface area (Å²) in [5.41, 5.74) is 0. The van der Waals surface area contributed by atoms with E-state index in [-0.39, 0.29) is 0 Å². The van der Waals surface area contributed by atoms with Crippen LogP contribution in [0.5, 0.6) is 0 Å². The highest BCUT2D eigenvalue weighted by Gasteiger charge is 2.27. The van der Waals surface area contributed by atoms with Gasteiger partial charge >= 0.3 is 0 Å². The summed E-state index contributed by atoms with van der Waals surface area (Å²) < 4.78 is 32.6. The highest BCUT2D eigenvalue weighted by atomic mass is 32.2. The fourth-order valence-corrected chi connectivity index (χ4v) is 5.27. The van der Waals surface area contributed by atoms with Crippen LogP contribution in [0.15, 0.2) is 21.7 Å². The minimum Gasteiger partial charge on any atom is -0.380 e. The third kappa shape index (κ3) is 5.03. The summed E-state index contributed by atoms with van der Waals surface area (Å²) in [6.45, 7) is 5.67. The summed E-state index contributed by atoms with van der Waals surface area (Å²) >= 11 is 1.29. The van der Waals surface area contributed by atoms with Crippen molar-refractivity contribution in [2.24, 2.45) is 0 Å². The fraction of sp³-hybridized carbons (Fsp3) is 0.733. The van der Waals surface area contributed by atoms with Gasteiger partial charge in [-0.2, -0.15) is 4.31 Å². The average molecular weight is 347 g/mol. The minimum atomic E-state index is -3.30. The van der Waals surface area contributed by atoms with Crippen LogP contribution < -0.4 is 5.32 Å². The van der Waals surface area contributed by atoms with Gasteiger partial charge in [0.25, 0.3) is 10.0 Å². The number of nitrogens with one attached hydrogen (secondary N) is 1. The first kappa shape index (κ1) is 17.9. The Hall–Kier alpha value is -0.470. The predicted octanol–water partition coefficient (Wildman–Crippen LogP) is 2.31. The number of thiophene rings is 1. The first-order valence-corrected chi connectivity index (χ1v) is 10.3. The third-order valence-electron chi connectivity index (χ3n) is 3.80. The molecule has 1 N–H and O–H groups in total. The van der Waals surface area contributed by atoms with Crippen LogP contribution in [0, 0.1) is 0 Å². The molecule has 2 rings (SSSR count). The molecule has 0 saturated carbocycles. The quantitative estimate of drug-likeness (QED) is 0.734. The van der Waals surface area contributed by atoms with Crippen LogP contribution in [0.3, 0.4) is 0 Å². The number of rotatable bonds is 8. The van der Waals surface area contributed by atoms with E-state index in [1.54, 1.807) is 16.4 Å². The van der Waals surface area contributed by atoms with Crippen molar-refractivity contribution in [2.75, 3.05) is 32.8 Å². The molecule has 0 bridgehead atoms. The van der Waals surface area contributed by atoms with Crippen molar-refractivity contribution in [1.29, 1.82) is 0 Å². The van der Waals surface area contributed by atoms with Gasteiger partial charge < -0.3 is 10.1 Å². The smallest absolute Gasteiger partial charge is 0.252 e. The molecule has 0 aliphatic carbocycles. The molecule has 1 aliphatic heterocycles. The fourth-order valence-electron chi connectivity index (χ4n) is 2.63. The van der Waals surface area contributed by atoms with Crippen LogP contribution in [0.4, 0.5) is 0 Å². The molecule has 1 aromatic rings. The van der Waals surface area contributed by atoms with Crippen molar-refractivity contribution in [2.45, 2.75) is 42.9 Å². The minimum absolute atomic E-state index is 0.383. The van der Waals surface area contributed by atoms with Crippen LogP contribution in [-0.4, -0.2) is 51.6 Å². The zero-order valence-corrected chi connectivity index (χ0v) is 14.8. The van der Waals surface area contributed by atoms with Crippen LogP contribution in [0.25, 0.3) is 0 Å². The third-order valence-corrected chi connectivity index (χ3v) is 7.08. The molecule has 126 valence electrons. The summed E-state index contributed by atoms with van der Waals surface area (Å²) in [6.07, 6.45) is 3.82. The monoisotopic (exact) mass is 346 g/mol. The van der Waals surface area contributed by atoms with Gasteiger partial charge in [0.2, 0.25) is 0 Å². The number of ether oxygens (including phenoxy) is 1. The van der Waals surface area contributed by atoms with Gasteiger partial charge in [0.05, 0.1) is 6.61 Å². The van der Waals surface area contributed by atoms with Crippen molar-refractivity contribution in [3.63, 3.8) is 0 Å². The van der Waals surface area contributed by atoms with Gasteiger partial charge in [-0.05, 0) is 37.1 Å². The number of sulfonamides is 1. The van der Waals surface area contributed by atoms with E-state index in [1.165, 1.54) is 11.3 Å². The van der Waals surface area contributed by atoms with Crippen LogP contribution in [0.2, 0.25) is 0 Å². The van der Waals surface area contributed by atoms with Crippen molar-refractivity contribution in [3.8, 4) is 0 Å². The average Bonchev–Trinajstić information content (AvgIpc) is 2.94. The Morgan fingerprint density at radius 2 is 2.23 bits per heavy atom. The summed E-state index contributed by atoms with van der Waals surface area (Å²) in [7, 11) is -3.30. The van der Waals surface area contributed by atoms with Crippen molar-refractivity contribution in [1.82, 2.24) is 9.62 Å². The Balaban J connectivity index is 1.80. The summed E-state index contributed by atoms with van der Waals surface area (Å²) in [6, 6.07) is 3.86. The molecule has 1 unspecified atom stereocenters. The topological polar surface area (TPSA) is 58.6 Å². The second kappa shape index (κ2) is 8.98. The Kier molecular flexibility index (Phi) is 7.30. The first-order valence-electron chi connectivity index (χ1n) is 7.99. The molecule has 0 amide bonds. The van der Waals surface area contributed by atoms with E-state index in [0.717, 1.165) is 45.4 Å². The molecule has 1 aliphatic rings. The van der Waals surface area contributed by atoms with Crippen LogP contribution >= 0.6 is 11.3 Å². The molecule has 1 aromatic heterocycles. The van der Waals surface area contributed by atoms with Crippen LogP contribution in [0.1, 0.15) is 32.6 Å². The lowest BCUT2D eigenvalue weighted by molar-refractivity contribution is 0.134. The molecule has 22 heavy (non-hydrogen) atoms. The molecular formula is C15H26N2O3S2. The largest absolute Gasteiger partial charge is 0.380 e. The Morgan fingerprint density at radius 3 is 2.95 bits per heavy atom. The lowest BCUT2D eigenvalue weighted by Crippen LogP contribution is -2.35. The predicted molar refractivity (Wildman–Crippen MR) is 89.8 cm³/mol. The van der Waals surface area contributed by atoms with Gasteiger partial charge in [-0.3, -0.25) is 0 Å². The molecule has 1 atom stereocenters. The van der Waals surface area contributed by atoms with Gasteiger partial charge in [-0.25, -0.2) is 8.42 Å². The van der Waals surface area contributed by atoms with E-state index in [9.17, 15) is 8.42 Å². The van der Waals surface area contributed by atoms with E-state index in [0.29, 0.717) is 23.3 Å². The molecule has 0 radical (unpaired) electrons. The standard InChI is InChI=1S/C15H26N2O3S2/c1-2-11-20-12-8-16-14-5-3-9-17(10-7-14)22(18,19)15-6-4-13-21-15/h4,6,13-14,16H,2-3,5,7-12H2,1H3. The molecule has 0 aromatic carbocycles. The van der Waals surface area contributed by atoms with Crippen molar-refractivity contribution < 1.29 is 13.2 Å². The second-order valence-corrected chi connectivity index (χ2v) is 8.64. The van der Waals surface area contributed by atoms with E-state index < -0.39 is 10.0 Å². The van der Waals surface area contributed by atoms with E-state index in [1.807, 2.05) is 5.38 Å². The molecular weight excluding hydrogens is 320 g/mol. The maximum Gasteiger partial charge on any atom is 0.252 e. The molecule has 7 heteroatoms. The molecule has 5 nitrogen and oxygen atoms in total. The highest BCUT2D eigenvalue weighted by molar-refractivity contribution is 7.91. The maximum atomic E-state index is 12.5. The Labute approximate surface area is 137 Å². The molecule has 0 spiro atoms. The lowest BCUT2D eigenvalue weighted by atomic mass is 10.1. The lowest BCUT2D eigenvalue weighted by Gasteiger charge is -2.19. The van der Waals surface area contributed by atoms with Gasteiger partial charge in [-0.15, -0.1) is 11.3 Å². The van der Waals surface area contributed by atoms with Gasteiger partial charge in [0, 0.05) is 32.3 Å². The van der Waals surface area contributed by atoms with Crippen molar-refractivity contribution >= 4 is 21.4 Å². The molecule has 2 heterocycles. The number of nitrogens with zero attached hydrogens (tertiary/aromatic N) is 1. The van der Waals surface area contributed by atoms with Crippen molar-refractivity contribution in [3.05, 3.63) is 17.5 Å². The summed E-state index contributed by atoms with van der Waals surface area (Å²) in [4.78, 5) is 0.